The first kappa shape index (κ1) is 23.1. The van der Waals surface area contributed by atoms with E-state index in [9.17, 15) is 9.59 Å². The first-order valence-corrected chi connectivity index (χ1v) is 10.6. The quantitative estimate of drug-likeness (QED) is 0.511. The van der Waals surface area contributed by atoms with Gasteiger partial charge in [0.25, 0.3) is 5.91 Å². The number of benzene rings is 2. The number of ether oxygens (including phenoxy) is 2. The topological polar surface area (TPSA) is 83.6 Å². The Labute approximate surface area is 189 Å². The highest BCUT2D eigenvalue weighted by Gasteiger charge is 2.25. The lowest BCUT2D eigenvalue weighted by Gasteiger charge is -2.14. The summed E-state index contributed by atoms with van der Waals surface area (Å²) in [4.78, 5) is 24.5. The third kappa shape index (κ3) is 4.85. The van der Waals surface area contributed by atoms with E-state index in [4.69, 9.17) is 15.2 Å². The molecule has 0 aliphatic carbocycles. The van der Waals surface area contributed by atoms with Gasteiger partial charge in [-0.05, 0) is 55.5 Å². The molecule has 0 saturated heterocycles. The highest BCUT2D eigenvalue weighted by atomic mass is 16.5. The molecule has 3 aromatic rings. The van der Waals surface area contributed by atoms with Crippen molar-refractivity contribution in [3.8, 4) is 16.9 Å². The Morgan fingerprint density at radius 2 is 1.72 bits per heavy atom. The molecule has 1 heterocycles. The third-order valence-electron chi connectivity index (χ3n) is 5.82. The molecule has 0 saturated carbocycles. The van der Waals surface area contributed by atoms with Crippen molar-refractivity contribution in [2.75, 3.05) is 14.2 Å². The maximum Gasteiger partial charge on any atom is 0.305 e. The number of nitrogens with two attached hydrogens (primary N) is 1. The molecule has 32 heavy (non-hydrogen) atoms. The van der Waals surface area contributed by atoms with E-state index in [1.54, 1.807) is 7.11 Å². The van der Waals surface area contributed by atoms with Gasteiger partial charge in [-0.3, -0.25) is 9.59 Å². The number of amides is 1. The van der Waals surface area contributed by atoms with Crippen LogP contribution in [0.2, 0.25) is 0 Å². The predicted molar refractivity (Wildman–Crippen MR) is 125 cm³/mol. The Balaban J connectivity index is 2.14. The van der Waals surface area contributed by atoms with Gasteiger partial charge < -0.3 is 19.8 Å². The molecule has 3 rings (SSSR count). The number of primary amides is 1. The Kier molecular flexibility index (Phi) is 7.36. The average molecular weight is 435 g/mol. The molecule has 0 unspecified atom stereocenters. The zero-order valence-corrected chi connectivity index (χ0v) is 19.1. The van der Waals surface area contributed by atoms with Crippen molar-refractivity contribution in [1.29, 1.82) is 0 Å². The van der Waals surface area contributed by atoms with Crippen LogP contribution < -0.4 is 10.5 Å². The number of nitrogens with zero attached hydrogens (tertiary/aromatic N) is 1. The van der Waals surface area contributed by atoms with E-state index in [2.05, 4.69) is 16.7 Å². The minimum absolute atomic E-state index is 0.214. The Bertz CT molecular complexity index is 1120. The molecule has 0 aliphatic rings. The Morgan fingerprint density at radius 3 is 2.31 bits per heavy atom. The van der Waals surface area contributed by atoms with Crippen LogP contribution in [0.25, 0.3) is 11.1 Å². The summed E-state index contributed by atoms with van der Waals surface area (Å²) in [7, 11) is 3.01. The lowest BCUT2D eigenvalue weighted by Crippen LogP contribution is -2.14. The first-order chi connectivity index (χ1) is 15.4. The third-order valence-corrected chi connectivity index (χ3v) is 5.82. The number of methoxy groups -OCH3 is 2. The van der Waals surface area contributed by atoms with Crippen molar-refractivity contribution in [2.45, 2.75) is 39.7 Å². The summed E-state index contributed by atoms with van der Waals surface area (Å²) in [6.45, 7) is 4.54. The van der Waals surface area contributed by atoms with Crippen LogP contribution in [0.1, 0.15) is 39.3 Å². The van der Waals surface area contributed by atoms with E-state index >= 15 is 0 Å². The molecule has 0 fully saturated rings. The summed E-state index contributed by atoms with van der Waals surface area (Å²) >= 11 is 0. The predicted octanol–water partition coefficient (Wildman–Crippen LogP) is 4.23. The summed E-state index contributed by atoms with van der Waals surface area (Å²) in [6, 6.07) is 16.0. The molecule has 6 nitrogen and oxygen atoms in total. The maximum absolute atomic E-state index is 12.6. The minimum Gasteiger partial charge on any atom is -0.496 e. The second kappa shape index (κ2) is 10.2. The zero-order valence-electron chi connectivity index (χ0n) is 19.1. The monoisotopic (exact) mass is 434 g/mol. The van der Waals surface area contributed by atoms with Crippen LogP contribution in [0.15, 0.2) is 48.5 Å². The van der Waals surface area contributed by atoms with Gasteiger partial charge in [0.05, 0.1) is 26.2 Å². The molecule has 2 aromatic carbocycles. The summed E-state index contributed by atoms with van der Waals surface area (Å²) in [6.07, 6.45) is 1.45. The van der Waals surface area contributed by atoms with Crippen LogP contribution in [-0.4, -0.2) is 30.7 Å². The van der Waals surface area contributed by atoms with Gasteiger partial charge in [0.1, 0.15) is 5.75 Å². The number of hydrogen-bond donors (Lipinski definition) is 1. The normalized spacial score (nSPS) is 10.8. The lowest BCUT2D eigenvalue weighted by molar-refractivity contribution is -0.140. The zero-order chi connectivity index (χ0) is 23.3. The number of carbonyl (C=O) groups is 2. The summed E-state index contributed by atoms with van der Waals surface area (Å²) < 4.78 is 12.4. The van der Waals surface area contributed by atoms with Crippen molar-refractivity contribution < 1.29 is 19.1 Å². The molecule has 168 valence electrons. The fourth-order valence-corrected chi connectivity index (χ4v) is 4.21. The van der Waals surface area contributed by atoms with E-state index in [1.165, 1.54) is 12.7 Å². The largest absolute Gasteiger partial charge is 0.496 e. The summed E-state index contributed by atoms with van der Waals surface area (Å²) in [5, 5.41) is 0. The number of aromatic nitrogens is 1. The SMILES string of the molecule is COC(=O)CCc1c(-c2ccc(OC)c(C)c2)c(C(N)=O)c(C)n1CCc1ccccc1. The second-order valence-corrected chi connectivity index (χ2v) is 7.79. The van der Waals surface area contributed by atoms with Crippen molar-refractivity contribution in [3.63, 3.8) is 0 Å². The van der Waals surface area contributed by atoms with E-state index < -0.39 is 5.91 Å². The fraction of sp³-hybridized carbons (Fsp3) is 0.308. The number of rotatable bonds is 9. The lowest BCUT2D eigenvalue weighted by atomic mass is 9.96. The Hall–Kier alpha value is -3.54. The van der Waals surface area contributed by atoms with Crippen LogP contribution in [-0.2, 0) is 28.9 Å². The maximum atomic E-state index is 12.6. The van der Waals surface area contributed by atoms with Gasteiger partial charge in [-0.25, -0.2) is 0 Å². The first-order valence-electron chi connectivity index (χ1n) is 10.6. The molecular weight excluding hydrogens is 404 g/mol. The van der Waals surface area contributed by atoms with Gasteiger partial charge in [0.2, 0.25) is 0 Å². The molecule has 0 bridgehead atoms. The molecule has 2 N–H and O–H groups in total. The van der Waals surface area contributed by atoms with Crippen molar-refractivity contribution in [3.05, 3.63) is 76.6 Å². The van der Waals surface area contributed by atoms with Gasteiger partial charge in [-0.2, -0.15) is 0 Å². The molecule has 0 radical (unpaired) electrons. The molecular formula is C26H30N2O4. The van der Waals surface area contributed by atoms with Gasteiger partial charge in [-0.1, -0.05) is 36.4 Å². The van der Waals surface area contributed by atoms with E-state index in [0.29, 0.717) is 18.5 Å². The van der Waals surface area contributed by atoms with Crippen LogP contribution in [0.4, 0.5) is 0 Å². The Morgan fingerprint density at radius 1 is 1.00 bits per heavy atom. The van der Waals surface area contributed by atoms with E-state index in [-0.39, 0.29) is 12.4 Å². The van der Waals surface area contributed by atoms with Gasteiger partial charge in [0.15, 0.2) is 0 Å². The molecule has 0 aliphatic heterocycles. The second-order valence-electron chi connectivity index (χ2n) is 7.79. The summed E-state index contributed by atoms with van der Waals surface area (Å²) in [5.74, 6) is -0.00887. The standard InChI is InChI=1S/C26H30N2O4/c1-17-16-20(10-12-22(17)31-3)25-21(11-13-23(29)32-4)28(18(2)24(25)26(27)30)15-14-19-8-6-5-7-9-19/h5-10,12,16H,11,13-15H2,1-4H3,(H2,27,30). The summed E-state index contributed by atoms with van der Waals surface area (Å²) in [5.41, 5.74) is 11.8. The van der Waals surface area contributed by atoms with Gasteiger partial charge in [0, 0.05) is 23.5 Å². The van der Waals surface area contributed by atoms with Gasteiger partial charge in [-0.15, -0.1) is 0 Å². The number of esters is 1. The molecule has 0 atom stereocenters. The molecule has 0 spiro atoms. The highest BCUT2D eigenvalue weighted by molar-refractivity contribution is 6.02. The number of hydrogen-bond acceptors (Lipinski definition) is 4. The smallest absolute Gasteiger partial charge is 0.305 e. The minimum atomic E-state index is -0.483. The molecule has 1 amide bonds. The van der Waals surface area contributed by atoms with Crippen molar-refractivity contribution >= 4 is 11.9 Å². The van der Waals surface area contributed by atoms with Crippen LogP contribution in [0, 0.1) is 13.8 Å². The van der Waals surface area contributed by atoms with Crippen molar-refractivity contribution in [2.24, 2.45) is 5.73 Å². The average Bonchev–Trinajstić information content (AvgIpc) is 3.08. The van der Waals surface area contributed by atoms with Crippen LogP contribution in [0.3, 0.4) is 0 Å². The van der Waals surface area contributed by atoms with Crippen LogP contribution in [0.5, 0.6) is 5.75 Å². The van der Waals surface area contributed by atoms with E-state index in [1.807, 2.05) is 50.2 Å². The number of aryl methyl sites for hydroxylation is 2. The molecule has 1 aromatic heterocycles. The van der Waals surface area contributed by atoms with Crippen molar-refractivity contribution in [1.82, 2.24) is 4.57 Å². The number of carbonyl (C=O) groups excluding carboxylic acids is 2. The van der Waals surface area contributed by atoms with E-state index in [0.717, 1.165) is 40.2 Å². The highest BCUT2D eigenvalue weighted by Crippen LogP contribution is 2.36. The fourth-order valence-electron chi connectivity index (χ4n) is 4.21. The molecule has 6 heteroatoms. The van der Waals surface area contributed by atoms with Gasteiger partial charge >= 0.3 is 5.97 Å². The van der Waals surface area contributed by atoms with Crippen LogP contribution >= 0.6 is 0 Å².